The molecule has 1 fully saturated rings. The topological polar surface area (TPSA) is 33.4 Å². The molecule has 17 heavy (non-hydrogen) atoms. The van der Waals surface area contributed by atoms with Crippen LogP contribution >= 0.6 is 0 Å². The van der Waals surface area contributed by atoms with Gasteiger partial charge in [-0.25, -0.2) is 0 Å². The molecule has 1 aliphatic rings. The summed E-state index contributed by atoms with van der Waals surface area (Å²) < 4.78 is 5.48. The Balaban J connectivity index is 1.73. The lowest BCUT2D eigenvalue weighted by Gasteiger charge is -2.07. The second-order valence-corrected chi connectivity index (χ2v) is 4.81. The van der Waals surface area contributed by atoms with Crippen molar-refractivity contribution in [2.24, 2.45) is 5.92 Å². The minimum absolute atomic E-state index is 0.308. The van der Waals surface area contributed by atoms with E-state index in [0.717, 1.165) is 12.2 Å². The first-order valence-corrected chi connectivity index (χ1v) is 6.05. The average molecular weight is 228 g/mol. The number of aryl methyl sites for hydroxylation is 1. The molecule has 2 aromatic rings. The zero-order valence-corrected chi connectivity index (χ0v) is 9.84. The van der Waals surface area contributed by atoms with Crippen LogP contribution < -0.4 is 0 Å². The molecule has 2 heteroatoms. The van der Waals surface area contributed by atoms with Gasteiger partial charge in [-0.15, -0.1) is 0 Å². The van der Waals surface area contributed by atoms with Gasteiger partial charge in [0.05, 0.1) is 0 Å². The molecule has 3 atom stereocenters. The van der Waals surface area contributed by atoms with Crippen molar-refractivity contribution < 1.29 is 9.52 Å². The summed E-state index contributed by atoms with van der Waals surface area (Å²) in [7, 11) is 0. The first kappa shape index (κ1) is 10.6. The Morgan fingerprint density at radius 3 is 2.59 bits per heavy atom. The fourth-order valence-electron chi connectivity index (χ4n) is 2.47. The van der Waals surface area contributed by atoms with Gasteiger partial charge in [0.2, 0.25) is 0 Å². The van der Waals surface area contributed by atoms with Gasteiger partial charge in [-0.3, -0.25) is 0 Å². The summed E-state index contributed by atoms with van der Waals surface area (Å²) in [5, 5.41) is 10.2. The van der Waals surface area contributed by atoms with Crippen molar-refractivity contribution >= 4 is 0 Å². The van der Waals surface area contributed by atoms with E-state index in [9.17, 15) is 5.11 Å². The Kier molecular flexibility index (Phi) is 2.52. The van der Waals surface area contributed by atoms with E-state index in [-0.39, 0.29) is 0 Å². The minimum atomic E-state index is -0.464. The third-order valence-corrected chi connectivity index (χ3v) is 3.53. The van der Waals surface area contributed by atoms with Gasteiger partial charge < -0.3 is 9.52 Å². The van der Waals surface area contributed by atoms with Gasteiger partial charge >= 0.3 is 0 Å². The number of aliphatic hydroxyl groups excluding tert-OH is 1. The van der Waals surface area contributed by atoms with Crippen molar-refractivity contribution in [1.82, 2.24) is 0 Å². The summed E-state index contributed by atoms with van der Waals surface area (Å²) in [6.07, 6.45) is 0.583. The molecule has 0 radical (unpaired) electrons. The molecule has 1 aliphatic carbocycles. The Labute approximate surface area is 101 Å². The van der Waals surface area contributed by atoms with Gasteiger partial charge in [-0.2, -0.15) is 0 Å². The van der Waals surface area contributed by atoms with Crippen molar-refractivity contribution in [3.8, 4) is 0 Å². The van der Waals surface area contributed by atoms with Crippen LogP contribution in [-0.4, -0.2) is 5.11 Å². The molecular formula is C15H16O2. The van der Waals surface area contributed by atoms with Gasteiger partial charge in [-0.1, -0.05) is 30.3 Å². The van der Waals surface area contributed by atoms with Crippen LogP contribution in [0.1, 0.15) is 35.5 Å². The number of benzene rings is 1. The molecule has 0 aliphatic heterocycles. The second-order valence-electron chi connectivity index (χ2n) is 4.81. The third-order valence-electron chi connectivity index (χ3n) is 3.53. The second kappa shape index (κ2) is 4.04. The summed E-state index contributed by atoms with van der Waals surface area (Å²) >= 11 is 0. The Hall–Kier alpha value is -1.54. The zero-order valence-electron chi connectivity index (χ0n) is 9.84. The monoisotopic (exact) mass is 228 g/mol. The summed E-state index contributed by atoms with van der Waals surface area (Å²) in [6.45, 7) is 1.90. The van der Waals surface area contributed by atoms with E-state index in [2.05, 4.69) is 12.1 Å². The maximum atomic E-state index is 10.2. The summed E-state index contributed by atoms with van der Waals surface area (Å²) in [4.78, 5) is 0. The fourth-order valence-corrected chi connectivity index (χ4v) is 2.47. The van der Waals surface area contributed by atoms with Crippen molar-refractivity contribution in [1.29, 1.82) is 0 Å². The first-order chi connectivity index (χ1) is 8.25. The molecule has 0 amide bonds. The Morgan fingerprint density at radius 1 is 1.18 bits per heavy atom. The van der Waals surface area contributed by atoms with Crippen molar-refractivity contribution in [2.45, 2.75) is 25.4 Å². The molecule has 3 rings (SSSR count). The highest BCUT2D eigenvalue weighted by molar-refractivity contribution is 5.27. The van der Waals surface area contributed by atoms with Crippen LogP contribution in [0, 0.1) is 12.8 Å². The molecule has 2 nitrogen and oxygen atoms in total. The summed E-state index contributed by atoms with van der Waals surface area (Å²) in [6, 6.07) is 14.2. The lowest BCUT2D eigenvalue weighted by Crippen LogP contribution is -1.99. The fraction of sp³-hybridized carbons (Fsp3) is 0.333. The molecule has 1 aromatic heterocycles. The van der Waals surface area contributed by atoms with Crippen LogP contribution in [0.25, 0.3) is 0 Å². The van der Waals surface area contributed by atoms with Crippen LogP contribution in [0.4, 0.5) is 0 Å². The average Bonchev–Trinajstić information content (AvgIpc) is 3.05. The highest BCUT2D eigenvalue weighted by atomic mass is 16.4. The minimum Gasteiger partial charge on any atom is -0.464 e. The van der Waals surface area contributed by atoms with Gasteiger partial charge in [0, 0.05) is 0 Å². The largest absolute Gasteiger partial charge is 0.464 e. The highest BCUT2D eigenvalue weighted by Crippen LogP contribution is 2.54. The maximum Gasteiger partial charge on any atom is 0.132 e. The number of hydrogen-bond acceptors (Lipinski definition) is 2. The van der Waals surface area contributed by atoms with Gasteiger partial charge in [-0.05, 0) is 42.9 Å². The third kappa shape index (κ3) is 2.01. The van der Waals surface area contributed by atoms with Crippen LogP contribution in [0.5, 0.6) is 0 Å². The highest BCUT2D eigenvalue weighted by Gasteiger charge is 2.44. The lowest BCUT2D eigenvalue weighted by atomic mass is 10.1. The Bertz CT molecular complexity index is 501. The molecule has 0 bridgehead atoms. The van der Waals surface area contributed by atoms with E-state index in [1.54, 1.807) is 0 Å². The molecule has 3 unspecified atom stereocenters. The number of rotatable bonds is 3. The van der Waals surface area contributed by atoms with Crippen LogP contribution in [-0.2, 0) is 0 Å². The molecular weight excluding hydrogens is 212 g/mol. The van der Waals surface area contributed by atoms with E-state index in [4.69, 9.17) is 4.42 Å². The van der Waals surface area contributed by atoms with E-state index >= 15 is 0 Å². The maximum absolute atomic E-state index is 10.2. The van der Waals surface area contributed by atoms with E-state index in [1.165, 1.54) is 5.56 Å². The summed E-state index contributed by atoms with van der Waals surface area (Å²) in [5.41, 5.74) is 1.32. The number of aliphatic hydroxyl groups is 1. The van der Waals surface area contributed by atoms with Gasteiger partial charge in [0.1, 0.15) is 17.6 Å². The van der Waals surface area contributed by atoms with E-state index < -0.39 is 6.10 Å². The van der Waals surface area contributed by atoms with E-state index in [0.29, 0.717) is 17.6 Å². The van der Waals surface area contributed by atoms with Crippen LogP contribution in [0.2, 0.25) is 0 Å². The van der Waals surface area contributed by atoms with E-state index in [1.807, 2.05) is 37.3 Å². The Morgan fingerprint density at radius 2 is 1.94 bits per heavy atom. The smallest absolute Gasteiger partial charge is 0.132 e. The predicted molar refractivity (Wildman–Crippen MR) is 65.7 cm³/mol. The zero-order chi connectivity index (χ0) is 11.8. The standard InChI is InChI=1S/C15H16O2/c1-10-7-8-14(17-10)15(16)13-9-12(13)11-5-3-2-4-6-11/h2-8,12-13,15-16H,9H2,1H3. The van der Waals surface area contributed by atoms with Gasteiger partial charge in [0.25, 0.3) is 0 Å². The normalized spacial score (nSPS) is 24.6. The molecule has 0 spiro atoms. The lowest BCUT2D eigenvalue weighted by molar-refractivity contribution is 0.124. The molecule has 0 saturated heterocycles. The number of hydrogen-bond donors (Lipinski definition) is 1. The molecule has 1 aromatic carbocycles. The van der Waals surface area contributed by atoms with Crippen molar-refractivity contribution in [2.75, 3.05) is 0 Å². The quantitative estimate of drug-likeness (QED) is 0.873. The molecule has 1 heterocycles. The predicted octanol–water partition coefficient (Wildman–Crippen LogP) is 3.43. The molecule has 1 saturated carbocycles. The van der Waals surface area contributed by atoms with Crippen LogP contribution in [0.15, 0.2) is 46.9 Å². The SMILES string of the molecule is Cc1ccc(C(O)C2CC2c2ccccc2)o1. The van der Waals surface area contributed by atoms with Crippen molar-refractivity contribution in [3.05, 3.63) is 59.5 Å². The molecule has 1 N–H and O–H groups in total. The number of furan rings is 1. The van der Waals surface area contributed by atoms with Crippen LogP contribution in [0.3, 0.4) is 0 Å². The summed E-state index contributed by atoms with van der Waals surface area (Å²) in [5.74, 6) is 2.35. The van der Waals surface area contributed by atoms with Gasteiger partial charge in [0.15, 0.2) is 0 Å². The van der Waals surface area contributed by atoms with Crippen molar-refractivity contribution in [3.63, 3.8) is 0 Å². The first-order valence-electron chi connectivity index (χ1n) is 6.05. The molecule has 88 valence electrons.